The van der Waals surface area contributed by atoms with Gasteiger partial charge in [-0.3, -0.25) is 9.69 Å². The van der Waals surface area contributed by atoms with Crippen LogP contribution in [-0.2, 0) is 11.3 Å². The third kappa shape index (κ3) is 4.55. The molecule has 2 aromatic rings. The van der Waals surface area contributed by atoms with Crippen LogP contribution in [-0.4, -0.2) is 64.2 Å². The van der Waals surface area contributed by atoms with E-state index in [0.29, 0.717) is 24.4 Å². The number of nitriles is 1. The van der Waals surface area contributed by atoms with E-state index >= 15 is 0 Å². The molecule has 0 spiro atoms. The molecule has 168 valence electrons. The molecule has 2 aliphatic heterocycles. The Morgan fingerprint density at radius 2 is 1.82 bits per heavy atom. The van der Waals surface area contributed by atoms with Crippen molar-refractivity contribution in [2.75, 3.05) is 19.6 Å². The molecule has 1 unspecified atom stereocenters. The summed E-state index contributed by atoms with van der Waals surface area (Å²) in [6.45, 7) is 4.52. The lowest BCUT2D eigenvalue weighted by Crippen LogP contribution is -2.47. The quantitative estimate of drug-likeness (QED) is 0.781. The first-order chi connectivity index (χ1) is 15.9. The molecule has 2 aromatic carbocycles. The van der Waals surface area contributed by atoms with E-state index in [2.05, 4.69) is 16.5 Å². The molecule has 2 heterocycles. The number of imide groups is 1. The number of hydrazone groups is 1. The summed E-state index contributed by atoms with van der Waals surface area (Å²) in [5.41, 5.74) is 3.93. The summed E-state index contributed by atoms with van der Waals surface area (Å²) in [7, 11) is 0. The number of nitrogens with one attached hydrogen (secondary N) is 1. The number of urea groups is 2. The van der Waals surface area contributed by atoms with Crippen LogP contribution in [0.4, 0.5) is 9.59 Å². The van der Waals surface area contributed by atoms with Crippen LogP contribution in [0.3, 0.4) is 0 Å². The molecular weight excluding hydrogens is 420 g/mol. The third-order valence-electron chi connectivity index (χ3n) is 5.80. The van der Waals surface area contributed by atoms with E-state index in [9.17, 15) is 14.4 Å². The predicted molar refractivity (Wildman–Crippen MR) is 121 cm³/mol. The molecule has 0 aromatic heterocycles. The Bertz CT molecular complexity index is 1150. The molecule has 9 heteroatoms. The van der Waals surface area contributed by atoms with Gasteiger partial charge in [-0.25, -0.2) is 14.6 Å². The Morgan fingerprint density at radius 3 is 2.42 bits per heavy atom. The number of amides is 5. The number of hydrogen-bond acceptors (Lipinski definition) is 5. The number of carbonyl (C=O) groups excluding carboxylic acids is 3. The van der Waals surface area contributed by atoms with E-state index in [1.807, 2.05) is 31.2 Å². The smallest absolute Gasteiger partial charge is 0.332 e. The van der Waals surface area contributed by atoms with Gasteiger partial charge in [0.05, 0.1) is 29.9 Å². The number of benzene rings is 2. The van der Waals surface area contributed by atoms with Crippen LogP contribution in [0.15, 0.2) is 53.6 Å². The summed E-state index contributed by atoms with van der Waals surface area (Å²) in [6.07, 6.45) is 0. The Balaban J connectivity index is 1.53. The molecular formula is C24H24N6O3. The molecule has 0 saturated carbocycles. The van der Waals surface area contributed by atoms with Crippen LogP contribution in [0.1, 0.15) is 29.2 Å². The topological polar surface area (TPSA) is 109 Å². The first kappa shape index (κ1) is 22.0. The summed E-state index contributed by atoms with van der Waals surface area (Å²) in [5.74, 6) is -0.300. The van der Waals surface area contributed by atoms with Gasteiger partial charge in [0.2, 0.25) is 5.91 Å². The zero-order valence-corrected chi connectivity index (χ0v) is 18.5. The van der Waals surface area contributed by atoms with E-state index in [1.165, 1.54) is 16.8 Å². The summed E-state index contributed by atoms with van der Waals surface area (Å²) in [5, 5.41) is 17.6. The van der Waals surface area contributed by atoms with Crippen molar-refractivity contribution >= 4 is 23.7 Å². The first-order valence-electron chi connectivity index (χ1n) is 10.7. The molecule has 1 fully saturated rings. The molecule has 5 amide bonds. The standard InChI is InChI=1S/C24H24N6O3/c1-16-3-9-20(10-4-16)22-21(29-12-11-28(17(2)31)24(29)33)15-30(27-22)23(32)26-14-19-7-5-18(13-25)6-8-19/h3-10,21H,11-12,14-15H2,1-2H3,(H,26,32). The highest BCUT2D eigenvalue weighted by atomic mass is 16.2. The average molecular weight is 444 g/mol. The zero-order chi connectivity index (χ0) is 23.5. The SMILES string of the molecule is CC(=O)N1CCN(C2CN(C(=O)NCc3ccc(C#N)cc3)N=C2c2ccc(C)cc2)C1=O. The molecule has 0 aliphatic carbocycles. The van der Waals surface area contributed by atoms with Crippen molar-refractivity contribution in [3.05, 3.63) is 70.8 Å². The normalized spacial score (nSPS) is 17.7. The monoisotopic (exact) mass is 444 g/mol. The fraction of sp³-hybridized carbons (Fsp3) is 0.292. The van der Waals surface area contributed by atoms with Crippen molar-refractivity contribution in [3.8, 4) is 6.07 Å². The number of hydrogen-bond donors (Lipinski definition) is 1. The van der Waals surface area contributed by atoms with Crippen molar-refractivity contribution in [1.82, 2.24) is 20.1 Å². The number of nitrogens with zero attached hydrogens (tertiary/aromatic N) is 5. The highest BCUT2D eigenvalue weighted by molar-refractivity contribution is 6.08. The van der Waals surface area contributed by atoms with Gasteiger partial charge in [0.1, 0.15) is 0 Å². The molecule has 1 saturated heterocycles. The van der Waals surface area contributed by atoms with Crippen LogP contribution < -0.4 is 5.32 Å². The van der Waals surface area contributed by atoms with Crippen LogP contribution >= 0.6 is 0 Å². The Kier molecular flexibility index (Phi) is 6.09. The second-order valence-electron chi connectivity index (χ2n) is 8.06. The number of rotatable bonds is 4. The zero-order valence-electron chi connectivity index (χ0n) is 18.5. The van der Waals surface area contributed by atoms with Gasteiger partial charge < -0.3 is 10.2 Å². The number of carbonyl (C=O) groups is 3. The number of aryl methyl sites for hydroxylation is 1. The van der Waals surface area contributed by atoms with Crippen molar-refractivity contribution in [1.29, 1.82) is 5.26 Å². The molecule has 0 bridgehead atoms. The fourth-order valence-electron chi connectivity index (χ4n) is 3.94. The van der Waals surface area contributed by atoms with E-state index in [0.717, 1.165) is 16.7 Å². The minimum atomic E-state index is -0.454. The van der Waals surface area contributed by atoms with Gasteiger partial charge in [-0.15, -0.1) is 0 Å². The van der Waals surface area contributed by atoms with Gasteiger partial charge >= 0.3 is 12.1 Å². The van der Waals surface area contributed by atoms with Gasteiger partial charge in [-0.05, 0) is 30.2 Å². The van der Waals surface area contributed by atoms with E-state index in [4.69, 9.17) is 5.26 Å². The third-order valence-corrected chi connectivity index (χ3v) is 5.80. The van der Waals surface area contributed by atoms with E-state index in [-0.39, 0.29) is 31.1 Å². The second-order valence-corrected chi connectivity index (χ2v) is 8.06. The van der Waals surface area contributed by atoms with Gasteiger partial charge in [-0.2, -0.15) is 10.4 Å². The van der Waals surface area contributed by atoms with Crippen molar-refractivity contribution in [2.45, 2.75) is 26.4 Å². The maximum atomic E-state index is 12.9. The highest BCUT2D eigenvalue weighted by Crippen LogP contribution is 2.23. The van der Waals surface area contributed by atoms with Crippen molar-refractivity contribution < 1.29 is 14.4 Å². The van der Waals surface area contributed by atoms with Crippen LogP contribution in [0.5, 0.6) is 0 Å². The van der Waals surface area contributed by atoms with Crippen LogP contribution in [0.2, 0.25) is 0 Å². The molecule has 1 N–H and O–H groups in total. The predicted octanol–water partition coefficient (Wildman–Crippen LogP) is 2.45. The van der Waals surface area contributed by atoms with Gasteiger partial charge in [0, 0.05) is 26.6 Å². The van der Waals surface area contributed by atoms with Gasteiger partial charge in [0.25, 0.3) is 0 Å². The lowest BCUT2D eigenvalue weighted by molar-refractivity contribution is -0.125. The Labute approximate surface area is 191 Å². The summed E-state index contributed by atoms with van der Waals surface area (Å²) < 4.78 is 0. The summed E-state index contributed by atoms with van der Waals surface area (Å²) in [4.78, 5) is 40.3. The molecule has 0 radical (unpaired) electrons. The Morgan fingerprint density at radius 1 is 1.12 bits per heavy atom. The van der Waals surface area contributed by atoms with Crippen LogP contribution in [0, 0.1) is 18.3 Å². The largest absolute Gasteiger partial charge is 0.338 e. The Hall–Kier alpha value is -4.19. The molecule has 2 aliphatic rings. The lowest BCUT2D eigenvalue weighted by atomic mass is 10.0. The molecule has 9 nitrogen and oxygen atoms in total. The van der Waals surface area contributed by atoms with E-state index in [1.54, 1.807) is 29.2 Å². The van der Waals surface area contributed by atoms with Crippen LogP contribution in [0.25, 0.3) is 0 Å². The molecule has 4 rings (SSSR count). The maximum absolute atomic E-state index is 12.9. The fourth-order valence-corrected chi connectivity index (χ4v) is 3.94. The van der Waals surface area contributed by atoms with Gasteiger partial charge in [0.15, 0.2) is 0 Å². The highest BCUT2D eigenvalue weighted by Gasteiger charge is 2.42. The maximum Gasteiger partial charge on any atom is 0.338 e. The summed E-state index contributed by atoms with van der Waals surface area (Å²) >= 11 is 0. The lowest BCUT2D eigenvalue weighted by Gasteiger charge is -2.25. The second kappa shape index (κ2) is 9.12. The van der Waals surface area contributed by atoms with Crippen molar-refractivity contribution in [2.24, 2.45) is 5.10 Å². The average Bonchev–Trinajstić information content (AvgIpc) is 3.42. The summed E-state index contributed by atoms with van der Waals surface area (Å²) in [6, 6.07) is 15.6. The van der Waals surface area contributed by atoms with E-state index < -0.39 is 6.04 Å². The van der Waals surface area contributed by atoms with Crippen molar-refractivity contribution in [3.63, 3.8) is 0 Å². The minimum absolute atomic E-state index is 0.194. The molecule has 1 atom stereocenters. The minimum Gasteiger partial charge on any atom is -0.332 e. The first-order valence-corrected chi connectivity index (χ1v) is 10.7. The van der Waals surface area contributed by atoms with Gasteiger partial charge in [-0.1, -0.05) is 42.0 Å². The molecule has 33 heavy (non-hydrogen) atoms.